The summed E-state index contributed by atoms with van der Waals surface area (Å²) in [6.07, 6.45) is 2.45. The zero-order valence-corrected chi connectivity index (χ0v) is 23.1. The molecule has 0 aliphatic carbocycles. The van der Waals surface area contributed by atoms with Crippen molar-refractivity contribution < 1.29 is 23.7 Å². The number of allylic oxidation sites excluding steroid dienone is 1. The van der Waals surface area contributed by atoms with Gasteiger partial charge >= 0.3 is 5.97 Å². The number of carbonyl (C=O) groups excluding carboxylic acids is 1. The molecule has 0 spiro atoms. The number of hydrogen-bond donors (Lipinski definition) is 0. The molecule has 0 fully saturated rings. The highest BCUT2D eigenvalue weighted by atomic mass is 16.5. The van der Waals surface area contributed by atoms with E-state index in [4.69, 9.17) is 18.9 Å². The van der Waals surface area contributed by atoms with E-state index >= 15 is 0 Å². The highest BCUT2D eigenvalue weighted by Gasteiger charge is 2.29. The first-order chi connectivity index (χ1) is 18.4. The van der Waals surface area contributed by atoms with Crippen molar-refractivity contribution in [3.63, 3.8) is 0 Å². The molecule has 1 heterocycles. The van der Waals surface area contributed by atoms with Gasteiger partial charge in [-0.15, -0.1) is 0 Å². The number of unbranched alkanes of at least 4 members (excludes halogenated alkanes) is 1. The van der Waals surface area contributed by atoms with Crippen LogP contribution in [0.4, 0.5) is 0 Å². The molecule has 200 valence electrons. The van der Waals surface area contributed by atoms with Crippen molar-refractivity contribution in [2.24, 2.45) is 0 Å². The second-order valence-electron chi connectivity index (χ2n) is 10.0. The molecule has 0 radical (unpaired) electrons. The highest BCUT2D eigenvalue weighted by molar-refractivity contribution is 5.72. The van der Waals surface area contributed by atoms with Crippen molar-refractivity contribution in [2.45, 2.75) is 59.5 Å². The summed E-state index contributed by atoms with van der Waals surface area (Å²) in [5.74, 6) is 2.14. The Morgan fingerprint density at radius 2 is 1.79 bits per heavy atom. The van der Waals surface area contributed by atoms with Gasteiger partial charge in [0.1, 0.15) is 30.5 Å². The SMILES string of the molecule is CCCCOc1ccc(C)cc1-c1ccc(COc2ccc3c(c2)OCC(=C(C)C)C3CC(=O)OC)cc1. The van der Waals surface area contributed by atoms with Gasteiger partial charge in [0.2, 0.25) is 0 Å². The first kappa shape index (κ1) is 27.3. The predicted molar refractivity (Wildman–Crippen MR) is 151 cm³/mol. The number of benzene rings is 3. The summed E-state index contributed by atoms with van der Waals surface area (Å²) < 4.78 is 23.2. The number of hydrogen-bond acceptors (Lipinski definition) is 5. The maximum Gasteiger partial charge on any atom is 0.306 e. The first-order valence-electron chi connectivity index (χ1n) is 13.3. The Morgan fingerprint density at radius 3 is 2.50 bits per heavy atom. The van der Waals surface area contributed by atoms with Gasteiger partial charge in [-0.3, -0.25) is 4.79 Å². The van der Waals surface area contributed by atoms with Gasteiger partial charge in [-0.1, -0.05) is 60.9 Å². The van der Waals surface area contributed by atoms with E-state index in [1.54, 1.807) is 0 Å². The van der Waals surface area contributed by atoms with Crippen molar-refractivity contribution in [1.82, 2.24) is 0 Å². The molecule has 0 N–H and O–H groups in total. The number of methoxy groups -OCH3 is 1. The van der Waals surface area contributed by atoms with Gasteiger partial charge in [0.05, 0.1) is 20.1 Å². The fourth-order valence-corrected chi connectivity index (χ4v) is 4.71. The van der Waals surface area contributed by atoms with Crippen molar-refractivity contribution in [3.8, 4) is 28.4 Å². The summed E-state index contributed by atoms with van der Waals surface area (Å²) in [7, 11) is 1.43. The minimum Gasteiger partial charge on any atom is -0.493 e. The Hall–Kier alpha value is -3.73. The number of aryl methyl sites for hydroxylation is 1. The third kappa shape index (κ3) is 6.58. The van der Waals surface area contributed by atoms with E-state index in [0.717, 1.165) is 64.5 Å². The van der Waals surface area contributed by atoms with E-state index in [0.29, 0.717) is 19.6 Å². The van der Waals surface area contributed by atoms with Crippen LogP contribution in [0.1, 0.15) is 62.6 Å². The van der Waals surface area contributed by atoms with E-state index in [2.05, 4.69) is 70.2 Å². The molecule has 0 bridgehead atoms. The molecule has 3 aromatic rings. The summed E-state index contributed by atoms with van der Waals surface area (Å²) in [5, 5.41) is 0. The lowest BCUT2D eigenvalue weighted by Gasteiger charge is -2.29. The van der Waals surface area contributed by atoms with E-state index in [-0.39, 0.29) is 11.9 Å². The molecular weight excluding hydrogens is 476 g/mol. The van der Waals surface area contributed by atoms with Gasteiger partial charge < -0.3 is 18.9 Å². The van der Waals surface area contributed by atoms with E-state index in [9.17, 15) is 4.79 Å². The maximum absolute atomic E-state index is 12.1. The molecule has 0 amide bonds. The average Bonchev–Trinajstić information content (AvgIpc) is 2.92. The molecule has 0 aromatic heterocycles. The second-order valence-corrected chi connectivity index (χ2v) is 10.0. The van der Waals surface area contributed by atoms with Gasteiger partial charge in [0, 0.05) is 23.1 Å². The van der Waals surface area contributed by atoms with Gasteiger partial charge in [-0.05, 0) is 62.1 Å². The van der Waals surface area contributed by atoms with E-state index < -0.39 is 0 Å². The molecular formula is C33H38O5. The minimum absolute atomic E-state index is 0.0461. The average molecular weight is 515 g/mol. The van der Waals surface area contributed by atoms with Gasteiger partial charge in [0.25, 0.3) is 0 Å². The van der Waals surface area contributed by atoms with Crippen LogP contribution in [-0.4, -0.2) is 26.3 Å². The molecule has 1 aliphatic heterocycles. The Bertz CT molecular complexity index is 1290. The third-order valence-corrected chi connectivity index (χ3v) is 6.97. The topological polar surface area (TPSA) is 54.0 Å². The number of esters is 1. The van der Waals surface area contributed by atoms with Gasteiger partial charge in [-0.25, -0.2) is 0 Å². The van der Waals surface area contributed by atoms with Crippen LogP contribution in [0, 0.1) is 6.92 Å². The number of fused-ring (bicyclic) bond motifs is 1. The Balaban J connectivity index is 1.46. The van der Waals surface area contributed by atoms with Crippen LogP contribution in [0.15, 0.2) is 71.8 Å². The molecule has 3 aromatic carbocycles. The molecule has 4 rings (SSSR count). The van der Waals surface area contributed by atoms with Gasteiger partial charge in [0.15, 0.2) is 0 Å². The number of ether oxygens (including phenoxy) is 4. The van der Waals surface area contributed by atoms with Crippen molar-refractivity contribution in [1.29, 1.82) is 0 Å². The van der Waals surface area contributed by atoms with Crippen LogP contribution in [0.2, 0.25) is 0 Å². The zero-order valence-electron chi connectivity index (χ0n) is 23.1. The molecule has 1 unspecified atom stereocenters. The Kier molecular flexibility index (Phi) is 9.11. The molecule has 0 saturated carbocycles. The van der Waals surface area contributed by atoms with E-state index in [1.807, 2.05) is 18.2 Å². The first-order valence-corrected chi connectivity index (χ1v) is 13.3. The molecule has 5 heteroatoms. The molecule has 0 saturated heterocycles. The van der Waals surface area contributed by atoms with E-state index in [1.165, 1.54) is 18.2 Å². The summed E-state index contributed by atoms with van der Waals surface area (Å²) >= 11 is 0. The largest absolute Gasteiger partial charge is 0.493 e. The Labute approximate surface area is 226 Å². The lowest BCUT2D eigenvalue weighted by molar-refractivity contribution is -0.140. The standard InChI is InChI=1S/C33H38O5/c1-6-7-16-36-31-15-8-23(4)17-28(31)25-11-9-24(10-12-25)20-37-26-13-14-27-29(19-33(34)35-5)30(22(2)3)21-38-32(27)18-26/h8-15,17-18,29H,6-7,16,19-21H2,1-5H3. The Morgan fingerprint density at radius 1 is 1.00 bits per heavy atom. The van der Waals surface area contributed by atoms with Crippen LogP contribution in [0.3, 0.4) is 0 Å². The lowest BCUT2D eigenvalue weighted by Crippen LogP contribution is -2.21. The molecule has 1 aliphatic rings. The lowest BCUT2D eigenvalue weighted by atomic mass is 9.84. The summed E-state index contributed by atoms with van der Waals surface area (Å²) in [5.41, 5.74) is 7.79. The summed E-state index contributed by atoms with van der Waals surface area (Å²) in [4.78, 5) is 12.1. The predicted octanol–water partition coefficient (Wildman–Crippen LogP) is 7.80. The van der Waals surface area contributed by atoms with Crippen LogP contribution in [-0.2, 0) is 16.1 Å². The van der Waals surface area contributed by atoms with Crippen LogP contribution >= 0.6 is 0 Å². The minimum atomic E-state index is -0.226. The molecule has 5 nitrogen and oxygen atoms in total. The highest BCUT2D eigenvalue weighted by Crippen LogP contribution is 2.42. The molecule has 38 heavy (non-hydrogen) atoms. The maximum atomic E-state index is 12.1. The normalized spacial score (nSPS) is 14.3. The third-order valence-electron chi connectivity index (χ3n) is 6.97. The summed E-state index contributed by atoms with van der Waals surface area (Å²) in [6.45, 7) is 10.00. The molecule has 1 atom stereocenters. The monoisotopic (exact) mass is 514 g/mol. The van der Waals surface area contributed by atoms with Crippen LogP contribution < -0.4 is 14.2 Å². The summed E-state index contributed by atoms with van der Waals surface area (Å²) in [6, 6.07) is 20.6. The zero-order chi connectivity index (χ0) is 27.1. The van der Waals surface area contributed by atoms with Crippen LogP contribution in [0.5, 0.6) is 17.2 Å². The van der Waals surface area contributed by atoms with Crippen molar-refractivity contribution in [3.05, 3.63) is 88.5 Å². The number of carbonyl (C=O) groups is 1. The van der Waals surface area contributed by atoms with Crippen molar-refractivity contribution in [2.75, 3.05) is 20.3 Å². The number of rotatable bonds is 10. The fraction of sp³-hybridized carbons (Fsp3) is 0.364. The fourth-order valence-electron chi connectivity index (χ4n) is 4.71. The smallest absolute Gasteiger partial charge is 0.306 e. The second kappa shape index (κ2) is 12.7. The van der Waals surface area contributed by atoms with Gasteiger partial charge in [-0.2, -0.15) is 0 Å². The van der Waals surface area contributed by atoms with Crippen LogP contribution in [0.25, 0.3) is 11.1 Å². The quantitative estimate of drug-likeness (QED) is 0.157. The van der Waals surface area contributed by atoms with Crippen molar-refractivity contribution >= 4 is 5.97 Å².